The van der Waals surface area contributed by atoms with Gasteiger partial charge in [0.05, 0.1) is 18.3 Å². The predicted molar refractivity (Wildman–Crippen MR) is 118 cm³/mol. The van der Waals surface area contributed by atoms with Crippen LogP contribution in [-0.4, -0.2) is 54.1 Å². The van der Waals surface area contributed by atoms with E-state index in [1.807, 2.05) is 18.2 Å². The van der Waals surface area contributed by atoms with Gasteiger partial charge in [0.25, 0.3) is 0 Å². The van der Waals surface area contributed by atoms with Gasteiger partial charge in [-0.15, -0.1) is 23.7 Å². The first kappa shape index (κ1) is 21.6. The van der Waals surface area contributed by atoms with Crippen molar-refractivity contribution in [3.63, 3.8) is 0 Å². The highest BCUT2D eigenvalue weighted by Gasteiger charge is 2.29. The Morgan fingerprint density at radius 2 is 1.97 bits per heavy atom. The maximum Gasteiger partial charge on any atom is 0.237 e. The van der Waals surface area contributed by atoms with Crippen LogP contribution in [-0.2, 0) is 4.79 Å². The smallest absolute Gasteiger partial charge is 0.237 e. The first-order valence-corrected chi connectivity index (χ1v) is 10.8. The number of anilines is 1. The number of carbonyl (C=O) groups is 1. The molecule has 0 spiro atoms. The van der Waals surface area contributed by atoms with E-state index in [4.69, 9.17) is 10.2 Å². The van der Waals surface area contributed by atoms with Crippen LogP contribution >= 0.6 is 23.7 Å². The molecular weight excluding hydrogens is 406 g/mol. The van der Waals surface area contributed by atoms with Crippen LogP contribution in [0.15, 0.2) is 35.7 Å². The lowest BCUT2D eigenvalue weighted by Crippen LogP contribution is -2.47. The van der Waals surface area contributed by atoms with E-state index >= 15 is 0 Å². The second kappa shape index (κ2) is 10.1. The van der Waals surface area contributed by atoms with E-state index in [1.54, 1.807) is 16.2 Å². The molecule has 2 aromatic rings. The number of piperidine rings is 1. The molecule has 2 fully saturated rings. The van der Waals surface area contributed by atoms with Gasteiger partial charge in [0, 0.05) is 36.6 Å². The van der Waals surface area contributed by atoms with Crippen molar-refractivity contribution in [1.29, 1.82) is 5.26 Å². The maximum absolute atomic E-state index is 12.4. The highest BCUT2D eigenvalue weighted by molar-refractivity contribution is 7.14. The Labute approximate surface area is 181 Å². The Morgan fingerprint density at radius 3 is 2.69 bits per heavy atom. The molecule has 29 heavy (non-hydrogen) atoms. The molecule has 1 N–H and O–H groups in total. The van der Waals surface area contributed by atoms with E-state index < -0.39 is 0 Å². The average molecular weight is 432 g/mol. The lowest BCUT2D eigenvalue weighted by molar-refractivity contribution is -0.130. The summed E-state index contributed by atoms with van der Waals surface area (Å²) in [5.41, 5.74) is 2.18. The normalized spacial score (nSPS) is 19.6. The van der Waals surface area contributed by atoms with Crippen LogP contribution < -0.4 is 10.2 Å². The molecule has 2 saturated heterocycles. The van der Waals surface area contributed by atoms with Gasteiger partial charge >= 0.3 is 0 Å². The lowest BCUT2D eigenvalue weighted by Gasteiger charge is -2.32. The topological polar surface area (TPSA) is 72.3 Å². The third kappa shape index (κ3) is 5.08. The number of nitrogens with zero attached hydrogens (tertiary/aromatic N) is 4. The number of hydrogen-bond donors (Lipinski definition) is 1. The number of halogens is 1. The molecule has 1 aromatic heterocycles. The van der Waals surface area contributed by atoms with Crippen LogP contribution in [0.4, 0.5) is 5.13 Å². The molecule has 0 saturated carbocycles. The maximum atomic E-state index is 12.4. The van der Waals surface area contributed by atoms with Crippen LogP contribution in [0.2, 0.25) is 0 Å². The summed E-state index contributed by atoms with van der Waals surface area (Å²) in [5, 5.41) is 15.7. The summed E-state index contributed by atoms with van der Waals surface area (Å²) in [5.74, 6) is 0.0545. The molecule has 0 unspecified atom stereocenters. The van der Waals surface area contributed by atoms with Gasteiger partial charge in [-0.05, 0) is 25.7 Å². The molecule has 2 aliphatic heterocycles. The molecule has 1 aromatic carbocycles. The quantitative estimate of drug-likeness (QED) is 0.786. The van der Waals surface area contributed by atoms with Gasteiger partial charge in [-0.1, -0.05) is 30.3 Å². The van der Waals surface area contributed by atoms with Crippen molar-refractivity contribution < 1.29 is 4.79 Å². The van der Waals surface area contributed by atoms with Gasteiger partial charge < -0.3 is 15.1 Å². The van der Waals surface area contributed by atoms with Crippen LogP contribution in [0, 0.1) is 11.3 Å². The monoisotopic (exact) mass is 431 g/mol. The summed E-state index contributed by atoms with van der Waals surface area (Å²) in [6.07, 6.45) is 3.73. The summed E-state index contributed by atoms with van der Waals surface area (Å²) >= 11 is 1.69. The van der Waals surface area contributed by atoms with Gasteiger partial charge in [0.1, 0.15) is 6.04 Å². The van der Waals surface area contributed by atoms with Crippen LogP contribution in [0.3, 0.4) is 0 Å². The van der Waals surface area contributed by atoms with Crippen molar-refractivity contribution in [3.8, 4) is 17.3 Å². The van der Waals surface area contributed by atoms with Gasteiger partial charge in [0.2, 0.25) is 5.91 Å². The van der Waals surface area contributed by atoms with Gasteiger partial charge in [-0.2, -0.15) is 5.26 Å². The lowest BCUT2D eigenvalue weighted by atomic mass is 10.1. The summed E-state index contributed by atoms with van der Waals surface area (Å²) < 4.78 is 0. The molecule has 1 amide bonds. The largest absolute Gasteiger partial charge is 0.348 e. The molecule has 3 heterocycles. The second-order valence-corrected chi connectivity index (χ2v) is 8.23. The average Bonchev–Trinajstić information content (AvgIpc) is 3.43. The number of nitriles is 1. The van der Waals surface area contributed by atoms with E-state index in [-0.39, 0.29) is 24.4 Å². The number of thiazole rings is 1. The first-order chi connectivity index (χ1) is 13.7. The fourth-order valence-corrected chi connectivity index (χ4v) is 4.85. The number of likely N-dealkylation sites (tertiary alicyclic amines) is 1. The molecule has 0 radical (unpaired) electrons. The number of hydrogen-bond acceptors (Lipinski definition) is 6. The summed E-state index contributed by atoms with van der Waals surface area (Å²) in [6, 6.07) is 12.6. The van der Waals surface area contributed by atoms with Crippen molar-refractivity contribution in [2.45, 2.75) is 37.8 Å². The molecular formula is C21H26ClN5OS. The minimum Gasteiger partial charge on any atom is -0.348 e. The number of amides is 1. The van der Waals surface area contributed by atoms with Crippen molar-refractivity contribution in [3.05, 3.63) is 35.7 Å². The predicted octanol–water partition coefficient (Wildman–Crippen LogP) is 3.30. The van der Waals surface area contributed by atoms with Crippen molar-refractivity contribution >= 4 is 34.8 Å². The van der Waals surface area contributed by atoms with Crippen LogP contribution in [0.1, 0.15) is 25.7 Å². The van der Waals surface area contributed by atoms with Crippen LogP contribution in [0.5, 0.6) is 0 Å². The summed E-state index contributed by atoms with van der Waals surface area (Å²) in [7, 11) is 0. The molecule has 6 nitrogen and oxygen atoms in total. The number of benzene rings is 1. The Bertz CT molecular complexity index is 844. The minimum atomic E-state index is -0.236. The Morgan fingerprint density at radius 1 is 1.21 bits per heavy atom. The zero-order valence-corrected chi connectivity index (χ0v) is 17.9. The van der Waals surface area contributed by atoms with E-state index in [0.29, 0.717) is 19.1 Å². The van der Waals surface area contributed by atoms with E-state index in [9.17, 15) is 4.79 Å². The number of carbonyl (C=O) groups excluding carboxylic acids is 1. The van der Waals surface area contributed by atoms with Crippen molar-refractivity contribution in [1.82, 2.24) is 15.2 Å². The minimum absolute atomic E-state index is 0. The fourth-order valence-electron chi connectivity index (χ4n) is 3.96. The van der Waals surface area contributed by atoms with Gasteiger partial charge in [-0.25, -0.2) is 4.98 Å². The van der Waals surface area contributed by atoms with Gasteiger partial charge in [0.15, 0.2) is 5.13 Å². The Balaban J connectivity index is 0.00000240. The summed E-state index contributed by atoms with van der Waals surface area (Å²) in [6.45, 7) is 2.93. The number of aromatic nitrogens is 1. The highest BCUT2D eigenvalue weighted by atomic mass is 35.5. The Kier molecular flexibility index (Phi) is 7.48. The number of nitrogens with one attached hydrogen (secondary N) is 1. The molecule has 8 heteroatoms. The Hall–Kier alpha value is -2.14. The molecule has 0 aliphatic carbocycles. The highest BCUT2D eigenvalue weighted by Crippen LogP contribution is 2.29. The zero-order valence-electron chi connectivity index (χ0n) is 16.3. The van der Waals surface area contributed by atoms with Crippen molar-refractivity contribution in [2.75, 3.05) is 31.1 Å². The first-order valence-electron chi connectivity index (χ1n) is 9.93. The van der Waals surface area contributed by atoms with Gasteiger partial charge in [-0.3, -0.25) is 4.79 Å². The summed E-state index contributed by atoms with van der Waals surface area (Å²) in [4.78, 5) is 21.2. The second-order valence-electron chi connectivity index (χ2n) is 7.40. The molecule has 1 atom stereocenters. The molecule has 2 aliphatic rings. The molecule has 0 bridgehead atoms. The van der Waals surface area contributed by atoms with Crippen molar-refractivity contribution in [2.24, 2.45) is 0 Å². The zero-order chi connectivity index (χ0) is 19.3. The van der Waals surface area contributed by atoms with E-state index in [0.717, 1.165) is 55.2 Å². The van der Waals surface area contributed by atoms with E-state index in [1.165, 1.54) is 0 Å². The van der Waals surface area contributed by atoms with E-state index in [2.05, 4.69) is 33.8 Å². The molecule has 4 rings (SSSR count). The number of rotatable bonds is 5. The standard InChI is InChI=1S/C21H25N5OS.ClH/c22-13-18-7-4-10-26(18)20(27)14-23-17-8-11-25(12-9-17)21-24-19(15-28-21)16-5-2-1-3-6-16;/h1-3,5-6,15,17-18,23H,4,7-12,14H2;1H/t18-;/m0./s1. The fraction of sp³-hybridized carbons (Fsp3) is 0.476. The third-order valence-electron chi connectivity index (χ3n) is 5.59. The molecule has 154 valence electrons. The SMILES string of the molecule is Cl.N#C[C@@H]1CCCN1C(=O)CNC1CCN(c2nc(-c3ccccc3)cs2)CC1. The third-order valence-corrected chi connectivity index (χ3v) is 6.49. The van der Waals surface area contributed by atoms with Crippen LogP contribution in [0.25, 0.3) is 11.3 Å².